The van der Waals surface area contributed by atoms with Gasteiger partial charge in [-0.05, 0) is 104 Å². The lowest BCUT2D eigenvalue weighted by Gasteiger charge is -2.29. The van der Waals surface area contributed by atoms with Gasteiger partial charge in [0.05, 0.1) is 83.4 Å². The molecule has 0 bridgehead atoms. The molecule has 0 aromatic heterocycles. The molecule has 65 heavy (non-hydrogen) atoms. The summed E-state index contributed by atoms with van der Waals surface area (Å²) in [6, 6.07) is 17.1. The van der Waals surface area contributed by atoms with Crippen molar-refractivity contribution in [3.63, 3.8) is 0 Å². The Kier molecular flexibility index (Phi) is 14.0. The van der Waals surface area contributed by atoms with Crippen LogP contribution < -0.4 is 10.2 Å². The number of carboxylic acids is 1. The smallest absolute Gasteiger partial charge is 0.307 e. The van der Waals surface area contributed by atoms with Crippen molar-refractivity contribution in [2.75, 3.05) is 78.7 Å². The molecule has 3 aliphatic rings. The Hall–Kier alpha value is -4.90. The monoisotopic (exact) mass is 930 g/mol. The van der Waals surface area contributed by atoms with Crippen molar-refractivity contribution in [1.82, 2.24) is 0 Å². The summed E-state index contributed by atoms with van der Waals surface area (Å²) in [4.78, 5) is 13.5. The summed E-state index contributed by atoms with van der Waals surface area (Å²) in [5.74, 6) is -0.903. The number of carboxylic acid groups (broad SMARTS) is 1. The molecular formula is C50H68N5O8S2+3. The van der Waals surface area contributed by atoms with Gasteiger partial charge in [0.25, 0.3) is 20.2 Å². The standard InChI is InChI=1S/C50H65N5O8S2/c1-49(2)41-33-39(64(58,59)60)22-24-43(41)52(28-12-30-54(5,6)7)45(49)26-18-36-14-11-15-37(48(36)51-38-20-16-35(17-21-38)32-47(56)57)19-27-46-50(3,4)42-34-40(65(61,62)63)23-25-44(42)53(46)29-13-31-55(8,9)10/h16-27,33-34H,11-15,28-32H2,1-10H3,(H-2,56,57,58,59,60,61,62,63)/p+3. The van der Waals surface area contributed by atoms with Crippen molar-refractivity contribution in [3.8, 4) is 0 Å². The third-order valence-electron chi connectivity index (χ3n) is 12.7. The molecule has 0 amide bonds. The Balaban J connectivity index is 1.49. The van der Waals surface area contributed by atoms with Gasteiger partial charge in [-0.1, -0.05) is 38.1 Å². The molecule has 0 unspecified atom stereocenters. The molecule has 0 atom stereocenters. The van der Waals surface area contributed by atoms with E-state index >= 15 is 0 Å². The van der Waals surface area contributed by atoms with Gasteiger partial charge in [0, 0.05) is 58.9 Å². The summed E-state index contributed by atoms with van der Waals surface area (Å²) >= 11 is 0. The summed E-state index contributed by atoms with van der Waals surface area (Å²) < 4.78 is 73.2. The highest BCUT2D eigenvalue weighted by Crippen LogP contribution is 2.49. The average Bonchev–Trinajstić information content (AvgIpc) is 3.53. The number of carbonyl (C=O) groups is 1. The van der Waals surface area contributed by atoms with Crippen molar-refractivity contribution in [3.05, 3.63) is 124 Å². The minimum absolute atomic E-state index is 0.0847. The molecule has 2 heterocycles. The number of nitrogens with zero attached hydrogens (tertiary/aromatic N) is 4. The van der Waals surface area contributed by atoms with E-state index in [1.54, 1.807) is 24.3 Å². The Morgan fingerprint density at radius 1 is 0.769 bits per heavy atom. The van der Waals surface area contributed by atoms with Gasteiger partial charge in [-0.15, -0.1) is 0 Å². The second kappa shape index (κ2) is 18.4. The predicted octanol–water partition coefficient (Wildman–Crippen LogP) is 8.09. The maximum absolute atomic E-state index is 12.3. The zero-order valence-corrected chi connectivity index (χ0v) is 41.3. The number of aliphatic carboxylic acids is 1. The molecule has 6 rings (SSSR count). The summed E-state index contributed by atoms with van der Waals surface area (Å²) in [5.41, 5.74) is 8.77. The first-order valence-electron chi connectivity index (χ1n) is 22.2. The number of hydrogen-bond donors (Lipinski definition) is 4. The number of hydrogen-bond acceptors (Lipinski definition) is 7. The molecule has 4 N–H and O–H groups in total. The summed E-state index contributed by atoms with van der Waals surface area (Å²) in [6.45, 7) is 11.6. The highest BCUT2D eigenvalue weighted by atomic mass is 32.2. The van der Waals surface area contributed by atoms with Crippen LogP contribution in [0.1, 0.15) is 76.5 Å². The highest BCUT2D eigenvalue weighted by molar-refractivity contribution is 7.86. The maximum Gasteiger partial charge on any atom is 0.307 e. The number of rotatable bonds is 17. The molecule has 0 spiro atoms. The van der Waals surface area contributed by atoms with E-state index in [-0.39, 0.29) is 16.2 Å². The Morgan fingerprint density at radius 3 is 1.97 bits per heavy atom. The topological polar surface area (TPSA) is 164 Å². The summed E-state index contributed by atoms with van der Waals surface area (Å²) in [6.07, 6.45) is 12.7. The van der Waals surface area contributed by atoms with Crippen molar-refractivity contribution < 1.29 is 49.4 Å². The lowest BCUT2D eigenvalue weighted by molar-refractivity contribution is -0.871. The second-order valence-corrected chi connectivity index (χ2v) is 23.5. The second-order valence-electron chi connectivity index (χ2n) is 20.7. The van der Waals surface area contributed by atoms with Crippen LogP contribution in [-0.2, 0) is 42.3 Å². The number of benzene rings is 3. The van der Waals surface area contributed by atoms with Crippen LogP contribution in [0.4, 0.5) is 17.1 Å². The number of allylic oxidation sites excluding steroid dienone is 7. The number of fused-ring (bicyclic) bond motifs is 2. The van der Waals surface area contributed by atoms with Gasteiger partial charge in [0.15, 0.2) is 12.3 Å². The number of nitrogens with one attached hydrogen (secondary N) is 1. The molecule has 3 aromatic rings. The van der Waals surface area contributed by atoms with Crippen LogP contribution in [0, 0.1) is 0 Å². The minimum atomic E-state index is -4.43. The molecule has 15 heteroatoms. The quantitative estimate of drug-likeness (QED) is 0.0591. The van der Waals surface area contributed by atoms with E-state index < -0.39 is 37.0 Å². The minimum Gasteiger partial charge on any atom is -0.481 e. The number of quaternary nitrogens is 2. The molecule has 2 aliphatic heterocycles. The van der Waals surface area contributed by atoms with Crippen LogP contribution in [0.5, 0.6) is 0 Å². The molecule has 0 radical (unpaired) electrons. The van der Waals surface area contributed by atoms with Crippen molar-refractivity contribution in [2.24, 2.45) is 0 Å². The first-order valence-corrected chi connectivity index (χ1v) is 25.1. The van der Waals surface area contributed by atoms with Crippen molar-refractivity contribution in [2.45, 2.75) is 86.8 Å². The fourth-order valence-electron chi connectivity index (χ4n) is 9.32. The van der Waals surface area contributed by atoms with Crippen LogP contribution in [0.25, 0.3) is 0 Å². The normalized spacial score (nSPS) is 18.9. The summed E-state index contributed by atoms with van der Waals surface area (Å²) in [7, 11) is 4.10. The summed E-state index contributed by atoms with van der Waals surface area (Å²) in [5, 5.41) is 13.1. The van der Waals surface area contributed by atoms with Crippen molar-refractivity contribution in [1.29, 1.82) is 0 Å². The van der Waals surface area contributed by atoms with E-state index in [2.05, 4.69) is 109 Å². The lowest BCUT2D eigenvalue weighted by Crippen LogP contribution is -2.37. The van der Waals surface area contributed by atoms with Gasteiger partial charge in [-0.3, -0.25) is 13.9 Å². The molecule has 3 aromatic carbocycles. The van der Waals surface area contributed by atoms with Gasteiger partial charge in [0.2, 0.25) is 5.69 Å². The molecular weight excluding hydrogens is 863 g/mol. The molecule has 0 saturated carbocycles. The van der Waals surface area contributed by atoms with E-state index in [0.717, 1.165) is 111 Å². The molecule has 0 saturated heterocycles. The van der Waals surface area contributed by atoms with Gasteiger partial charge in [-0.2, -0.15) is 21.4 Å². The molecule has 350 valence electrons. The van der Waals surface area contributed by atoms with Crippen LogP contribution in [-0.4, -0.2) is 125 Å². The number of anilines is 2. The van der Waals surface area contributed by atoms with Crippen LogP contribution in [0.2, 0.25) is 0 Å². The van der Waals surface area contributed by atoms with Gasteiger partial charge >= 0.3 is 5.97 Å². The zero-order chi connectivity index (χ0) is 47.9. The van der Waals surface area contributed by atoms with Gasteiger partial charge in [0.1, 0.15) is 0 Å². The predicted molar refractivity (Wildman–Crippen MR) is 258 cm³/mol. The van der Waals surface area contributed by atoms with E-state index in [1.165, 1.54) is 12.1 Å². The van der Waals surface area contributed by atoms with Crippen molar-refractivity contribution >= 4 is 49.0 Å². The molecule has 0 fully saturated rings. The van der Waals surface area contributed by atoms with Gasteiger partial charge in [-0.25, -0.2) is 0 Å². The Bertz CT molecular complexity index is 2730. The average molecular weight is 931 g/mol. The SMILES string of the molecule is CC1(C)C(=CC=C2CCCC(C=CC3=[N+](CCC[N+](C)(C)C)c4ccc(S(=O)(=O)O)cc4C3(C)C)=C2Nc2ccc(CC(=O)O)cc2)N(CCC[N+](C)(C)C)c2ccc(S(=O)(=O)O)cc21. The van der Waals surface area contributed by atoms with E-state index in [0.29, 0.717) is 18.7 Å². The van der Waals surface area contributed by atoms with E-state index in [4.69, 9.17) is 0 Å². The third-order valence-corrected chi connectivity index (χ3v) is 14.4. The Morgan fingerprint density at radius 2 is 1.37 bits per heavy atom. The van der Waals surface area contributed by atoms with E-state index in [1.807, 2.05) is 24.3 Å². The molecule has 13 nitrogen and oxygen atoms in total. The maximum atomic E-state index is 12.3. The highest BCUT2D eigenvalue weighted by Gasteiger charge is 2.45. The zero-order valence-electron chi connectivity index (χ0n) is 39.6. The lowest BCUT2D eigenvalue weighted by atomic mass is 9.81. The fourth-order valence-corrected chi connectivity index (χ4v) is 10.3. The van der Waals surface area contributed by atoms with E-state index in [9.17, 15) is 35.8 Å². The first-order chi connectivity index (χ1) is 30.1. The largest absolute Gasteiger partial charge is 0.481 e. The molecule has 1 aliphatic carbocycles. The fraction of sp³-hybridized carbons (Fsp3) is 0.440. The van der Waals surface area contributed by atoms with Crippen LogP contribution >= 0.6 is 0 Å². The van der Waals surface area contributed by atoms with Crippen LogP contribution in [0.15, 0.2) is 117 Å². The van der Waals surface area contributed by atoms with Gasteiger partial charge < -0.3 is 24.3 Å². The van der Waals surface area contributed by atoms with Crippen LogP contribution in [0.3, 0.4) is 0 Å². The third kappa shape index (κ3) is 11.6. The Labute approximate surface area is 386 Å². The first kappa shape index (κ1) is 49.5.